The number of hydrogen-bond acceptors (Lipinski definition) is 4. The van der Waals surface area contributed by atoms with Crippen LogP contribution in [-0.4, -0.2) is 22.9 Å². The van der Waals surface area contributed by atoms with Gasteiger partial charge in [0.2, 0.25) is 0 Å². The maximum Gasteiger partial charge on any atom is 0.276 e. The van der Waals surface area contributed by atoms with Gasteiger partial charge in [0.15, 0.2) is 5.71 Å². The van der Waals surface area contributed by atoms with Crippen LogP contribution in [-0.2, 0) is 4.79 Å². The molecule has 1 aliphatic heterocycles. The summed E-state index contributed by atoms with van der Waals surface area (Å²) < 4.78 is 0.975. The number of nitrogens with one attached hydrogen (secondary N) is 1. The molecule has 0 fully saturated rings. The van der Waals surface area contributed by atoms with E-state index in [0.29, 0.717) is 5.56 Å². The number of carbonyl (C=O) groups excluding carboxylic acids is 1. The molecule has 0 saturated heterocycles. The Kier molecular flexibility index (Phi) is 3.70. The van der Waals surface area contributed by atoms with Gasteiger partial charge in [-0.3, -0.25) is 4.79 Å². The summed E-state index contributed by atoms with van der Waals surface area (Å²) in [7, 11) is 0. The predicted octanol–water partition coefficient (Wildman–Crippen LogP) is 2.77. The molecule has 104 valence electrons. The first-order chi connectivity index (χ1) is 10.1. The Morgan fingerprint density at radius 2 is 2.00 bits per heavy atom. The first kappa shape index (κ1) is 13.7. The Labute approximate surface area is 134 Å². The fourth-order valence-electron chi connectivity index (χ4n) is 1.98. The lowest BCUT2D eigenvalue weighted by Gasteiger charge is -1.98. The molecule has 0 aromatic heterocycles. The van der Waals surface area contributed by atoms with Crippen LogP contribution < -0.4 is 5.32 Å². The molecule has 2 N–H and O–H groups in total. The van der Waals surface area contributed by atoms with Crippen molar-refractivity contribution < 1.29 is 9.90 Å². The zero-order chi connectivity index (χ0) is 14.8. The fraction of sp³-hybridized carbons (Fsp3) is 0. The second-order valence-corrected chi connectivity index (χ2v) is 5.64. The van der Waals surface area contributed by atoms with Crippen molar-refractivity contribution in [3.8, 4) is 5.75 Å². The average Bonchev–Trinajstić information content (AvgIpc) is 2.79. The van der Waals surface area contributed by atoms with E-state index in [4.69, 9.17) is 0 Å². The second kappa shape index (κ2) is 5.65. The van der Waals surface area contributed by atoms with Crippen LogP contribution in [0.25, 0.3) is 0 Å². The van der Waals surface area contributed by atoms with Crippen LogP contribution in [0.3, 0.4) is 0 Å². The Balaban J connectivity index is 1.91. The van der Waals surface area contributed by atoms with E-state index >= 15 is 0 Å². The van der Waals surface area contributed by atoms with E-state index in [0.717, 1.165) is 14.8 Å². The molecule has 0 saturated carbocycles. The van der Waals surface area contributed by atoms with Gasteiger partial charge in [0, 0.05) is 14.7 Å². The van der Waals surface area contributed by atoms with Crippen molar-refractivity contribution >= 4 is 46.1 Å². The van der Waals surface area contributed by atoms with Gasteiger partial charge in [-0.15, -0.1) is 5.10 Å². The van der Waals surface area contributed by atoms with Crippen molar-refractivity contribution in [1.29, 1.82) is 0 Å². The molecule has 1 heterocycles. The normalized spacial score (nSPS) is 15.5. The van der Waals surface area contributed by atoms with E-state index in [1.165, 1.54) is 6.21 Å². The van der Waals surface area contributed by atoms with E-state index in [1.54, 1.807) is 18.2 Å². The number of carbonyl (C=O) groups is 1. The van der Waals surface area contributed by atoms with Gasteiger partial charge in [-0.25, -0.2) is 0 Å². The third-order valence-corrected chi connectivity index (χ3v) is 3.66. The molecular formula is C15H10IN3O2. The smallest absolute Gasteiger partial charge is 0.276 e. The van der Waals surface area contributed by atoms with E-state index in [2.05, 4.69) is 38.1 Å². The molecule has 0 unspecified atom stereocenters. The summed E-state index contributed by atoms with van der Waals surface area (Å²) in [6.07, 6.45) is 1.43. The Morgan fingerprint density at radius 3 is 2.86 bits per heavy atom. The molecule has 6 heteroatoms. The first-order valence-electron chi connectivity index (χ1n) is 6.15. The topological polar surface area (TPSA) is 74.0 Å². The minimum absolute atomic E-state index is 0.121. The fourth-order valence-corrected chi connectivity index (χ4v) is 2.49. The van der Waals surface area contributed by atoms with Crippen LogP contribution >= 0.6 is 22.6 Å². The molecule has 0 radical (unpaired) electrons. The number of rotatable bonds is 2. The van der Waals surface area contributed by atoms with Gasteiger partial charge >= 0.3 is 0 Å². The highest BCUT2D eigenvalue weighted by Gasteiger charge is 2.25. The number of nitrogens with zero attached hydrogens (tertiary/aromatic N) is 2. The van der Waals surface area contributed by atoms with Crippen molar-refractivity contribution in [1.82, 2.24) is 0 Å². The zero-order valence-corrected chi connectivity index (χ0v) is 12.9. The van der Waals surface area contributed by atoms with Crippen LogP contribution in [0.1, 0.15) is 11.1 Å². The monoisotopic (exact) mass is 391 g/mol. The lowest BCUT2D eigenvalue weighted by Crippen LogP contribution is -2.13. The molecule has 5 nitrogen and oxygen atoms in total. The van der Waals surface area contributed by atoms with Crippen LogP contribution in [0.15, 0.2) is 52.7 Å². The zero-order valence-electron chi connectivity index (χ0n) is 10.7. The summed E-state index contributed by atoms with van der Waals surface area (Å²) in [5.41, 5.74) is 2.28. The van der Waals surface area contributed by atoms with Crippen molar-refractivity contribution in [3.05, 3.63) is 57.2 Å². The molecule has 1 amide bonds. The molecule has 0 spiro atoms. The van der Waals surface area contributed by atoms with E-state index < -0.39 is 0 Å². The van der Waals surface area contributed by atoms with Crippen LogP contribution in [0.4, 0.5) is 5.69 Å². The SMILES string of the molecule is O=C1Nc2ccccc2/C1=N\N=C/c1cc(I)ccc1O. The molecule has 1 aliphatic rings. The Bertz CT molecular complexity index is 784. The van der Waals surface area contributed by atoms with Crippen molar-refractivity contribution in [3.63, 3.8) is 0 Å². The number of aromatic hydroxyl groups is 1. The summed E-state index contributed by atoms with van der Waals surface area (Å²) in [5, 5.41) is 20.3. The van der Waals surface area contributed by atoms with Crippen molar-refractivity contribution in [2.45, 2.75) is 0 Å². The van der Waals surface area contributed by atoms with Crippen molar-refractivity contribution in [2.75, 3.05) is 5.32 Å². The number of hydrogen-bond donors (Lipinski definition) is 2. The van der Waals surface area contributed by atoms with E-state index in [1.807, 2.05) is 24.3 Å². The first-order valence-corrected chi connectivity index (χ1v) is 7.23. The quantitative estimate of drug-likeness (QED) is 0.470. The number of anilines is 1. The highest BCUT2D eigenvalue weighted by atomic mass is 127. The third-order valence-electron chi connectivity index (χ3n) is 2.99. The van der Waals surface area contributed by atoms with Gasteiger partial charge in [0.25, 0.3) is 5.91 Å². The predicted molar refractivity (Wildman–Crippen MR) is 90.0 cm³/mol. The average molecular weight is 391 g/mol. The summed E-state index contributed by atoms with van der Waals surface area (Å²) in [6, 6.07) is 12.5. The van der Waals surface area contributed by atoms with Crippen LogP contribution in [0.5, 0.6) is 5.75 Å². The molecular weight excluding hydrogens is 381 g/mol. The minimum atomic E-state index is -0.278. The molecule has 3 rings (SSSR count). The lowest BCUT2D eigenvalue weighted by molar-refractivity contribution is -0.110. The van der Waals surface area contributed by atoms with E-state index in [9.17, 15) is 9.90 Å². The summed E-state index contributed by atoms with van der Waals surface area (Å²) in [6.45, 7) is 0. The largest absolute Gasteiger partial charge is 0.507 e. The highest BCUT2D eigenvalue weighted by Crippen LogP contribution is 2.23. The van der Waals surface area contributed by atoms with Crippen LogP contribution in [0, 0.1) is 3.57 Å². The van der Waals surface area contributed by atoms with Crippen molar-refractivity contribution in [2.24, 2.45) is 10.2 Å². The summed E-state index contributed by atoms with van der Waals surface area (Å²) in [5.74, 6) is -0.157. The van der Waals surface area contributed by atoms with Gasteiger partial charge in [-0.2, -0.15) is 5.10 Å². The highest BCUT2D eigenvalue weighted by molar-refractivity contribution is 14.1. The van der Waals surface area contributed by atoms with Gasteiger partial charge in [-0.1, -0.05) is 18.2 Å². The standard InChI is InChI=1S/C15H10IN3O2/c16-10-5-6-13(20)9(7-10)8-17-19-14-11-3-1-2-4-12(11)18-15(14)21/h1-8,20H,(H,18,19,21)/b17-8-. The number of para-hydroxylation sites is 1. The second-order valence-electron chi connectivity index (χ2n) is 4.40. The molecule has 2 aromatic carbocycles. The van der Waals surface area contributed by atoms with Gasteiger partial charge in [-0.05, 0) is 46.9 Å². The maximum atomic E-state index is 11.8. The Hall–Kier alpha value is -2.22. The number of amides is 1. The molecule has 0 atom stereocenters. The van der Waals surface area contributed by atoms with Gasteiger partial charge in [0.1, 0.15) is 5.75 Å². The molecule has 0 bridgehead atoms. The van der Waals surface area contributed by atoms with Gasteiger partial charge in [0.05, 0.1) is 11.9 Å². The lowest BCUT2D eigenvalue weighted by atomic mass is 10.1. The number of phenolic OH excluding ortho intramolecular Hbond substituents is 1. The minimum Gasteiger partial charge on any atom is -0.507 e. The number of phenols is 1. The summed E-state index contributed by atoms with van der Waals surface area (Å²) in [4.78, 5) is 11.8. The Morgan fingerprint density at radius 1 is 1.19 bits per heavy atom. The number of benzene rings is 2. The number of fused-ring (bicyclic) bond motifs is 1. The summed E-state index contributed by atoms with van der Waals surface area (Å²) >= 11 is 2.14. The molecule has 0 aliphatic carbocycles. The third kappa shape index (κ3) is 2.80. The molecule has 21 heavy (non-hydrogen) atoms. The molecule has 2 aromatic rings. The van der Waals surface area contributed by atoms with E-state index in [-0.39, 0.29) is 17.4 Å². The number of halogens is 1. The maximum absolute atomic E-state index is 11.8. The van der Waals surface area contributed by atoms with Gasteiger partial charge < -0.3 is 10.4 Å². The van der Waals surface area contributed by atoms with Crippen LogP contribution in [0.2, 0.25) is 0 Å².